The summed E-state index contributed by atoms with van der Waals surface area (Å²) < 4.78 is 5.40. The molecule has 3 N–H and O–H groups in total. The summed E-state index contributed by atoms with van der Waals surface area (Å²) in [7, 11) is 0. The number of nitrogens with zero attached hydrogens (tertiary/aromatic N) is 1. The van der Waals surface area contributed by atoms with Gasteiger partial charge in [-0.05, 0) is 26.7 Å². The van der Waals surface area contributed by atoms with Crippen LogP contribution in [0.4, 0.5) is 4.79 Å². The Hall–Kier alpha value is -1.56. The highest BCUT2D eigenvalue weighted by Gasteiger charge is 2.25. The smallest absolute Gasteiger partial charge is 0.315 e. The summed E-state index contributed by atoms with van der Waals surface area (Å²) in [6.45, 7) is 4.12. The van der Waals surface area contributed by atoms with Gasteiger partial charge in [0.1, 0.15) is 5.76 Å². The second-order valence-electron chi connectivity index (χ2n) is 5.41. The summed E-state index contributed by atoms with van der Waals surface area (Å²) in [4.78, 5) is 16.1. The van der Waals surface area contributed by atoms with Crippen LogP contribution in [-0.2, 0) is 6.54 Å². The third kappa shape index (κ3) is 3.72. The molecule has 2 atom stereocenters. The van der Waals surface area contributed by atoms with E-state index in [1.165, 1.54) is 0 Å². The van der Waals surface area contributed by atoms with E-state index >= 15 is 0 Å². The lowest BCUT2D eigenvalue weighted by Crippen LogP contribution is -2.47. The molecule has 6 nitrogen and oxygen atoms in total. The van der Waals surface area contributed by atoms with Gasteiger partial charge in [0, 0.05) is 18.6 Å². The number of aromatic nitrogens is 1. The number of aliphatic hydroxyl groups excluding tert-OH is 1. The van der Waals surface area contributed by atoms with Gasteiger partial charge in [0.2, 0.25) is 5.89 Å². The Morgan fingerprint density at radius 3 is 2.80 bits per heavy atom. The van der Waals surface area contributed by atoms with E-state index in [4.69, 9.17) is 4.42 Å². The summed E-state index contributed by atoms with van der Waals surface area (Å²) in [5, 5.41) is 15.0. The minimum Gasteiger partial charge on any atom is -0.444 e. The minimum absolute atomic E-state index is 0.0572. The monoisotopic (exact) mass is 281 g/mol. The van der Waals surface area contributed by atoms with Gasteiger partial charge in [0.15, 0.2) is 0 Å². The first-order chi connectivity index (χ1) is 9.60. The number of oxazole rings is 1. The van der Waals surface area contributed by atoms with Crippen LogP contribution in [0.25, 0.3) is 0 Å². The van der Waals surface area contributed by atoms with E-state index in [0.717, 1.165) is 37.1 Å². The molecule has 1 fully saturated rings. The number of nitrogens with one attached hydrogen (secondary N) is 2. The maximum atomic E-state index is 11.9. The van der Waals surface area contributed by atoms with Crippen LogP contribution in [0.3, 0.4) is 0 Å². The van der Waals surface area contributed by atoms with Crippen LogP contribution < -0.4 is 10.6 Å². The largest absolute Gasteiger partial charge is 0.444 e. The molecule has 1 aromatic heterocycles. The van der Waals surface area contributed by atoms with Gasteiger partial charge in [0.05, 0.1) is 12.2 Å². The van der Waals surface area contributed by atoms with Crippen molar-refractivity contribution in [2.45, 2.75) is 52.1 Å². The third-order valence-electron chi connectivity index (χ3n) is 3.93. The molecule has 0 saturated heterocycles. The van der Waals surface area contributed by atoms with Crippen molar-refractivity contribution in [3.8, 4) is 0 Å². The van der Waals surface area contributed by atoms with Crippen molar-refractivity contribution >= 4 is 6.03 Å². The molecule has 1 aliphatic carbocycles. The molecule has 0 aromatic carbocycles. The fourth-order valence-electron chi connectivity index (χ4n) is 2.61. The second-order valence-corrected chi connectivity index (χ2v) is 5.41. The lowest BCUT2D eigenvalue weighted by atomic mass is 9.85. The van der Waals surface area contributed by atoms with Crippen LogP contribution in [0.15, 0.2) is 4.42 Å². The van der Waals surface area contributed by atoms with Crippen LogP contribution >= 0.6 is 0 Å². The Labute approximate surface area is 119 Å². The predicted molar refractivity (Wildman–Crippen MR) is 74.2 cm³/mol. The van der Waals surface area contributed by atoms with Crippen LogP contribution in [0.1, 0.15) is 43.0 Å². The number of hydrogen-bond donors (Lipinski definition) is 3. The van der Waals surface area contributed by atoms with Gasteiger partial charge in [0.25, 0.3) is 0 Å². The zero-order valence-corrected chi connectivity index (χ0v) is 12.1. The fourth-order valence-corrected chi connectivity index (χ4v) is 2.61. The summed E-state index contributed by atoms with van der Waals surface area (Å²) in [5.74, 6) is 1.45. The van der Waals surface area contributed by atoms with Crippen LogP contribution in [0.2, 0.25) is 0 Å². The maximum Gasteiger partial charge on any atom is 0.315 e. The van der Waals surface area contributed by atoms with Crippen molar-refractivity contribution in [1.29, 1.82) is 0 Å². The van der Waals surface area contributed by atoms with E-state index in [-0.39, 0.29) is 31.1 Å². The van der Waals surface area contributed by atoms with Crippen molar-refractivity contribution in [3.63, 3.8) is 0 Å². The molecule has 1 saturated carbocycles. The topological polar surface area (TPSA) is 87.4 Å². The quantitative estimate of drug-likeness (QED) is 0.783. The van der Waals surface area contributed by atoms with Gasteiger partial charge >= 0.3 is 6.03 Å². The summed E-state index contributed by atoms with van der Waals surface area (Å²) in [6.07, 6.45) is 4.12. The number of urea groups is 1. The first-order valence-corrected chi connectivity index (χ1v) is 7.18. The van der Waals surface area contributed by atoms with Gasteiger partial charge in [-0.15, -0.1) is 0 Å². The second kappa shape index (κ2) is 6.74. The summed E-state index contributed by atoms with van der Waals surface area (Å²) in [5.41, 5.74) is 0.842. The molecule has 2 amide bonds. The van der Waals surface area contributed by atoms with Crippen LogP contribution in [0, 0.1) is 19.8 Å². The van der Waals surface area contributed by atoms with E-state index in [9.17, 15) is 9.90 Å². The molecular formula is C14H23N3O3. The molecule has 0 radical (unpaired) electrons. The summed E-state index contributed by atoms with van der Waals surface area (Å²) >= 11 is 0. The molecule has 2 unspecified atom stereocenters. The number of carbonyl (C=O) groups excluding carboxylic acids is 1. The molecule has 1 aliphatic rings. The average Bonchev–Trinajstić information content (AvgIpc) is 2.76. The van der Waals surface area contributed by atoms with Crippen molar-refractivity contribution in [1.82, 2.24) is 15.6 Å². The van der Waals surface area contributed by atoms with Crippen LogP contribution in [0.5, 0.6) is 0 Å². The highest BCUT2D eigenvalue weighted by molar-refractivity contribution is 5.74. The van der Waals surface area contributed by atoms with Crippen molar-refractivity contribution < 1.29 is 14.3 Å². The SMILES string of the molecule is Cc1nc(CNC(=O)NC2CCCCC2CO)oc1C. The van der Waals surface area contributed by atoms with Crippen molar-refractivity contribution in [2.24, 2.45) is 5.92 Å². The highest BCUT2D eigenvalue weighted by atomic mass is 16.4. The summed E-state index contributed by atoms with van der Waals surface area (Å²) in [6, 6.07) is -0.175. The molecule has 112 valence electrons. The fraction of sp³-hybridized carbons (Fsp3) is 0.714. The Morgan fingerprint density at radius 2 is 2.15 bits per heavy atom. The molecule has 2 rings (SSSR count). The lowest BCUT2D eigenvalue weighted by molar-refractivity contribution is 0.153. The zero-order chi connectivity index (χ0) is 14.5. The standard InChI is InChI=1S/C14H23N3O3/c1-9-10(2)20-13(16-9)7-15-14(19)17-12-6-4-3-5-11(12)8-18/h11-12,18H,3-8H2,1-2H3,(H2,15,17,19). The number of aryl methyl sites for hydroxylation is 2. The van der Waals surface area contributed by atoms with Gasteiger partial charge in [-0.3, -0.25) is 0 Å². The van der Waals surface area contributed by atoms with E-state index < -0.39 is 0 Å². The molecule has 1 aromatic rings. The Kier molecular flexibility index (Phi) is 5.00. The Morgan fingerprint density at radius 1 is 1.40 bits per heavy atom. The number of hydrogen-bond acceptors (Lipinski definition) is 4. The molecule has 20 heavy (non-hydrogen) atoms. The molecule has 0 bridgehead atoms. The van der Waals surface area contributed by atoms with Gasteiger partial charge < -0.3 is 20.2 Å². The molecule has 1 heterocycles. The zero-order valence-electron chi connectivity index (χ0n) is 12.1. The van der Waals surface area contributed by atoms with Gasteiger partial charge in [-0.1, -0.05) is 12.8 Å². The molecule has 0 spiro atoms. The first-order valence-electron chi connectivity index (χ1n) is 7.18. The minimum atomic E-state index is -0.233. The van der Waals surface area contributed by atoms with E-state index in [2.05, 4.69) is 15.6 Å². The van der Waals surface area contributed by atoms with Crippen molar-refractivity contribution in [3.05, 3.63) is 17.3 Å². The Bertz CT molecular complexity index is 439. The van der Waals surface area contributed by atoms with E-state index in [1.807, 2.05) is 13.8 Å². The number of amides is 2. The lowest BCUT2D eigenvalue weighted by Gasteiger charge is -2.30. The first kappa shape index (κ1) is 14.8. The van der Waals surface area contributed by atoms with Crippen LogP contribution in [-0.4, -0.2) is 28.8 Å². The normalized spacial score (nSPS) is 22.6. The average molecular weight is 281 g/mol. The highest BCUT2D eigenvalue weighted by Crippen LogP contribution is 2.23. The van der Waals surface area contributed by atoms with E-state index in [0.29, 0.717) is 5.89 Å². The number of aliphatic hydroxyl groups is 1. The number of rotatable bonds is 4. The third-order valence-corrected chi connectivity index (χ3v) is 3.93. The maximum absolute atomic E-state index is 11.9. The molecule has 6 heteroatoms. The molecular weight excluding hydrogens is 258 g/mol. The van der Waals surface area contributed by atoms with E-state index in [1.54, 1.807) is 0 Å². The Balaban J connectivity index is 1.79. The van der Waals surface area contributed by atoms with Gasteiger partial charge in [-0.2, -0.15) is 0 Å². The predicted octanol–water partition coefficient (Wildman–Crippen LogP) is 1.64. The number of carbonyl (C=O) groups is 1. The van der Waals surface area contributed by atoms with Crippen molar-refractivity contribution in [2.75, 3.05) is 6.61 Å². The van der Waals surface area contributed by atoms with Gasteiger partial charge in [-0.25, -0.2) is 9.78 Å². The molecule has 0 aliphatic heterocycles.